The third-order valence-corrected chi connectivity index (χ3v) is 4.18. The molecule has 1 aliphatic carbocycles. The van der Waals surface area contributed by atoms with Gasteiger partial charge in [0.05, 0.1) is 18.3 Å². The Morgan fingerprint density at radius 1 is 1.21 bits per heavy atom. The highest BCUT2D eigenvalue weighted by molar-refractivity contribution is 6.20. The quantitative estimate of drug-likeness (QED) is 0.358. The average Bonchev–Trinajstić information content (AvgIpc) is 2.60. The van der Waals surface area contributed by atoms with Crippen LogP contribution in [-0.2, 0) is 19.1 Å². The lowest BCUT2D eigenvalue weighted by Gasteiger charge is -2.19. The number of aliphatic hydroxyl groups excluding tert-OH is 1. The number of hydrogen-bond acceptors (Lipinski definition) is 6. The van der Waals surface area contributed by atoms with Crippen molar-refractivity contribution < 1.29 is 29.3 Å². The maximum Gasteiger partial charge on any atom is 0.221 e. The fourth-order valence-electron chi connectivity index (χ4n) is 2.58. The summed E-state index contributed by atoms with van der Waals surface area (Å²) in [6.45, 7) is 6.77. The van der Waals surface area contributed by atoms with Gasteiger partial charge in [0, 0.05) is 0 Å². The van der Waals surface area contributed by atoms with E-state index >= 15 is 0 Å². The van der Waals surface area contributed by atoms with Crippen LogP contribution in [-0.4, -0.2) is 46.4 Å². The highest BCUT2D eigenvalue weighted by atomic mass is 16.5. The number of methoxy groups -OCH3 is 1. The number of carbonyl (C=O) groups is 3. The SMILES string of the molecule is COC1=C(/C=C/C(C)(O)CC/C=C(/C)C(=O)C(O)C=C(C)C)C(=O)C=CC1=O. The zero-order chi connectivity index (χ0) is 21.5. The number of allylic oxidation sites excluding steroid dienone is 6. The summed E-state index contributed by atoms with van der Waals surface area (Å²) < 4.78 is 4.99. The predicted molar refractivity (Wildman–Crippen MR) is 106 cm³/mol. The van der Waals surface area contributed by atoms with Gasteiger partial charge in [0.25, 0.3) is 0 Å². The molecule has 0 fully saturated rings. The van der Waals surface area contributed by atoms with Gasteiger partial charge in [-0.15, -0.1) is 0 Å². The molecular weight excluding hydrogens is 360 g/mol. The molecule has 152 valence electrons. The molecule has 0 aromatic heterocycles. The summed E-state index contributed by atoms with van der Waals surface area (Å²) in [7, 11) is 1.31. The lowest BCUT2D eigenvalue weighted by molar-refractivity contribution is -0.121. The normalized spacial score (nSPS) is 18.3. The third-order valence-electron chi connectivity index (χ3n) is 4.18. The molecule has 0 aliphatic heterocycles. The summed E-state index contributed by atoms with van der Waals surface area (Å²) in [5.74, 6) is -1.23. The standard InChI is InChI=1S/C22H28O6/c1-14(2)13-19(25)20(26)15(3)7-6-11-22(4,27)12-10-16-17(23)8-9-18(24)21(16)28-5/h7-10,12-13,19,25,27H,6,11H2,1-5H3/b12-10+,15-7-. The number of aliphatic hydroxyl groups is 2. The van der Waals surface area contributed by atoms with E-state index in [1.165, 1.54) is 25.3 Å². The van der Waals surface area contributed by atoms with E-state index in [0.29, 0.717) is 12.0 Å². The summed E-state index contributed by atoms with van der Waals surface area (Å²) in [5.41, 5.74) is 0.0701. The Balaban J connectivity index is 2.80. The Morgan fingerprint density at radius 3 is 2.39 bits per heavy atom. The first-order chi connectivity index (χ1) is 13.0. The number of Topliss-reactive ketones (excluding diaryl/α,β-unsaturated/α-hetero) is 1. The van der Waals surface area contributed by atoms with E-state index in [9.17, 15) is 24.6 Å². The molecular formula is C22H28O6. The van der Waals surface area contributed by atoms with Crippen LogP contribution in [0.5, 0.6) is 0 Å². The zero-order valence-corrected chi connectivity index (χ0v) is 17.0. The Morgan fingerprint density at radius 2 is 1.82 bits per heavy atom. The molecule has 0 radical (unpaired) electrons. The van der Waals surface area contributed by atoms with Gasteiger partial charge in [0.15, 0.2) is 17.3 Å². The molecule has 2 atom stereocenters. The number of carbonyl (C=O) groups excluding carboxylic acids is 3. The first-order valence-corrected chi connectivity index (χ1v) is 8.99. The van der Waals surface area contributed by atoms with Gasteiger partial charge < -0.3 is 14.9 Å². The average molecular weight is 388 g/mol. The second-order valence-electron chi connectivity index (χ2n) is 7.18. The van der Waals surface area contributed by atoms with Gasteiger partial charge in [0.1, 0.15) is 6.10 Å². The molecule has 2 unspecified atom stereocenters. The van der Waals surface area contributed by atoms with Crippen LogP contribution in [0, 0.1) is 0 Å². The van der Waals surface area contributed by atoms with Crippen molar-refractivity contribution in [2.45, 2.75) is 52.2 Å². The minimum Gasteiger partial charge on any atom is -0.492 e. The van der Waals surface area contributed by atoms with Crippen LogP contribution in [0.25, 0.3) is 0 Å². The topological polar surface area (TPSA) is 101 Å². The van der Waals surface area contributed by atoms with Crippen molar-refractivity contribution in [1.29, 1.82) is 0 Å². The van der Waals surface area contributed by atoms with Gasteiger partial charge in [-0.2, -0.15) is 0 Å². The van der Waals surface area contributed by atoms with Gasteiger partial charge in [-0.25, -0.2) is 0 Å². The largest absolute Gasteiger partial charge is 0.492 e. The van der Waals surface area contributed by atoms with Crippen molar-refractivity contribution in [3.8, 4) is 0 Å². The van der Waals surface area contributed by atoms with Crippen molar-refractivity contribution in [1.82, 2.24) is 0 Å². The molecule has 1 aliphatic rings. The molecule has 0 amide bonds. The minimum atomic E-state index is -1.27. The Hall–Kier alpha value is -2.57. The maximum atomic E-state index is 12.1. The summed E-state index contributed by atoms with van der Waals surface area (Å²) in [5, 5.41) is 20.3. The number of ether oxygens (including phenoxy) is 1. The summed E-state index contributed by atoms with van der Waals surface area (Å²) in [6.07, 6.45) is 7.74. The van der Waals surface area contributed by atoms with Crippen LogP contribution in [0.3, 0.4) is 0 Å². The van der Waals surface area contributed by atoms with Crippen molar-refractivity contribution in [3.63, 3.8) is 0 Å². The van der Waals surface area contributed by atoms with E-state index in [1.807, 2.05) is 0 Å². The fraction of sp³-hybridized carbons (Fsp3) is 0.409. The molecule has 0 aromatic carbocycles. The second kappa shape index (κ2) is 10.1. The van der Waals surface area contributed by atoms with Crippen LogP contribution in [0.1, 0.15) is 40.5 Å². The van der Waals surface area contributed by atoms with E-state index in [1.54, 1.807) is 33.8 Å². The van der Waals surface area contributed by atoms with Crippen molar-refractivity contribution in [2.75, 3.05) is 7.11 Å². The van der Waals surface area contributed by atoms with E-state index in [4.69, 9.17) is 4.74 Å². The predicted octanol–water partition coefficient (Wildman–Crippen LogP) is 2.52. The Bertz CT molecular complexity index is 786. The summed E-state index contributed by atoms with van der Waals surface area (Å²) in [6, 6.07) is 0. The molecule has 0 saturated heterocycles. The van der Waals surface area contributed by atoms with E-state index in [2.05, 4.69) is 0 Å². The molecule has 0 bridgehead atoms. The van der Waals surface area contributed by atoms with Gasteiger partial charge in [-0.05, 0) is 70.4 Å². The highest BCUT2D eigenvalue weighted by Crippen LogP contribution is 2.21. The number of ketones is 3. The molecule has 1 rings (SSSR count). The lowest BCUT2D eigenvalue weighted by Crippen LogP contribution is -2.22. The van der Waals surface area contributed by atoms with Crippen LogP contribution >= 0.6 is 0 Å². The van der Waals surface area contributed by atoms with Gasteiger partial charge >= 0.3 is 0 Å². The molecule has 6 heteroatoms. The molecule has 0 saturated carbocycles. The summed E-state index contributed by atoms with van der Waals surface area (Å²) in [4.78, 5) is 35.8. The number of hydrogen-bond donors (Lipinski definition) is 2. The molecule has 6 nitrogen and oxygen atoms in total. The molecule has 0 heterocycles. The first kappa shape index (κ1) is 23.5. The lowest BCUT2D eigenvalue weighted by atomic mass is 9.94. The van der Waals surface area contributed by atoms with Gasteiger partial charge in [-0.1, -0.05) is 17.7 Å². The second-order valence-corrected chi connectivity index (χ2v) is 7.18. The van der Waals surface area contributed by atoms with Crippen LogP contribution in [0.2, 0.25) is 0 Å². The van der Waals surface area contributed by atoms with Gasteiger partial charge in [-0.3, -0.25) is 14.4 Å². The summed E-state index contributed by atoms with van der Waals surface area (Å²) >= 11 is 0. The first-order valence-electron chi connectivity index (χ1n) is 8.99. The zero-order valence-electron chi connectivity index (χ0n) is 17.0. The van der Waals surface area contributed by atoms with Crippen LogP contribution in [0.15, 0.2) is 58.9 Å². The maximum absolute atomic E-state index is 12.1. The van der Waals surface area contributed by atoms with Gasteiger partial charge in [0.2, 0.25) is 5.78 Å². The monoisotopic (exact) mass is 388 g/mol. The van der Waals surface area contributed by atoms with Crippen molar-refractivity contribution in [3.05, 3.63) is 58.9 Å². The molecule has 0 aromatic rings. The Labute approximate surface area is 165 Å². The van der Waals surface area contributed by atoms with Crippen molar-refractivity contribution in [2.24, 2.45) is 0 Å². The fourth-order valence-corrected chi connectivity index (χ4v) is 2.58. The minimum absolute atomic E-state index is 0.0610. The smallest absolute Gasteiger partial charge is 0.221 e. The van der Waals surface area contributed by atoms with E-state index in [-0.39, 0.29) is 29.3 Å². The van der Waals surface area contributed by atoms with E-state index < -0.39 is 17.5 Å². The van der Waals surface area contributed by atoms with Crippen LogP contribution < -0.4 is 0 Å². The molecule has 28 heavy (non-hydrogen) atoms. The molecule has 2 N–H and O–H groups in total. The van der Waals surface area contributed by atoms with Crippen LogP contribution in [0.4, 0.5) is 0 Å². The number of rotatable bonds is 9. The van der Waals surface area contributed by atoms with E-state index in [0.717, 1.165) is 17.7 Å². The Kier molecular flexibility index (Phi) is 8.47. The highest BCUT2D eigenvalue weighted by Gasteiger charge is 2.23. The third kappa shape index (κ3) is 6.87. The van der Waals surface area contributed by atoms with Crippen molar-refractivity contribution >= 4 is 17.3 Å². The molecule has 0 spiro atoms.